The van der Waals surface area contributed by atoms with Crippen LogP contribution in [0.2, 0.25) is 0 Å². The molecule has 5 heteroatoms. The van der Waals surface area contributed by atoms with Crippen molar-refractivity contribution >= 4 is 11.9 Å². The number of carbonyl (C=O) groups excluding carboxylic acids is 1. The second kappa shape index (κ2) is 8.91. The molecule has 0 aromatic rings. The molecule has 1 fully saturated rings. The van der Waals surface area contributed by atoms with E-state index < -0.39 is 5.97 Å². The van der Waals surface area contributed by atoms with Gasteiger partial charge in [0.05, 0.1) is 12.5 Å². The van der Waals surface area contributed by atoms with Crippen LogP contribution in [0.25, 0.3) is 0 Å². The van der Waals surface area contributed by atoms with E-state index in [9.17, 15) is 9.59 Å². The Labute approximate surface area is 114 Å². The second-order valence-electron chi connectivity index (χ2n) is 5.18. The summed E-state index contributed by atoms with van der Waals surface area (Å²) in [5, 5.41) is 11.6. The van der Waals surface area contributed by atoms with Crippen molar-refractivity contribution in [3.8, 4) is 0 Å². The maximum atomic E-state index is 11.8. The van der Waals surface area contributed by atoms with Crippen LogP contribution >= 0.6 is 0 Å². The van der Waals surface area contributed by atoms with Gasteiger partial charge in [-0.2, -0.15) is 0 Å². The molecule has 1 saturated heterocycles. The topological polar surface area (TPSA) is 75.6 Å². The fraction of sp³-hybridized carbons (Fsp3) is 0.857. The van der Waals surface area contributed by atoms with E-state index in [0.717, 1.165) is 32.3 Å². The number of hydrogen-bond donors (Lipinski definition) is 2. The van der Waals surface area contributed by atoms with Gasteiger partial charge in [-0.1, -0.05) is 13.3 Å². The van der Waals surface area contributed by atoms with Gasteiger partial charge in [-0.25, -0.2) is 0 Å². The van der Waals surface area contributed by atoms with Gasteiger partial charge >= 0.3 is 5.97 Å². The number of nitrogens with one attached hydrogen (secondary N) is 1. The summed E-state index contributed by atoms with van der Waals surface area (Å²) < 4.78 is 5.57. The highest BCUT2D eigenvalue weighted by atomic mass is 16.5. The Bertz CT molecular complexity index is 287. The molecule has 2 N–H and O–H groups in total. The van der Waals surface area contributed by atoms with Gasteiger partial charge in [-0.15, -0.1) is 0 Å². The fourth-order valence-electron chi connectivity index (χ4n) is 2.41. The van der Waals surface area contributed by atoms with Gasteiger partial charge in [0, 0.05) is 19.1 Å². The largest absolute Gasteiger partial charge is 0.481 e. The average molecular weight is 271 g/mol. The van der Waals surface area contributed by atoms with Crippen LogP contribution in [-0.2, 0) is 14.3 Å². The first-order valence-corrected chi connectivity index (χ1v) is 7.24. The molecule has 0 spiro atoms. The van der Waals surface area contributed by atoms with Gasteiger partial charge in [0.1, 0.15) is 0 Å². The maximum Gasteiger partial charge on any atom is 0.305 e. The van der Waals surface area contributed by atoms with Crippen LogP contribution < -0.4 is 5.32 Å². The van der Waals surface area contributed by atoms with Crippen LogP contribution in [0, 0.1) is 0 Å². The molecule has 1 aliphatic rings. The predicted octanol–water partition coefficient (Wildman–Crippen LogP) is 2.10. The molecule has 0 saturated carbocycles. The van der Waals surface area contributed by atoms with Crippen molar-refractivity contribution in [3.05, 3.63) is 0 Å². The van der Waals surface area contributed by atoms with Crippen molar-refractivity contribution < 1.29 is 19.4 Å². The minimum atomic E-state index is -0.866. The zero-order valence-corrected chi connectivity index (χ0v) is 11.7. The molecule has 110 valence electrons. The quantitative estimate of drug-likeness (QED) is 0.709. The molecular weight excluding hydrogens is 246 g/mol. The zero-order chi connectivity index (χ0) is 14.1. The highest BCUT2D eigenvalue weighted by molar-refractivity contribution is 5.77. The van der Waals surface area contributed by atoms with Crippen LogP contribution in [0.15, 0.2) is 0 Å². The van der Waals surface area contributed by atoms with E-state index >= 15 is 0 Å². The SMILES string of the molecule is CCCC(CC(=O)O)NC(=O)CCC1CCCCO1. The molecular formula is C14H25NO4. The molecule has 19 heavy (non-hydrogen) atoms. The first kappa shape index (κ1) is 16.0. The number of aliphatic carboxylic acids is 1. The number of hydrogen-bond acceptors (Lipinski definition) is 3. The first-order chi connectivity index (χ1) is 9.11. The smallest absolute Gasteiger partial charge is 0.305 e. The summed E-state index contributed by atoms with van der Waals surface area (Å²) in [7, 11) is 0. The molecule has 2 unspecified atom stereocenters. The van der Waals surface area contributed by atoms with E-state index in [2.05, 4.69) is 5.32 Å². The molecule has 0 aromatic heterocycles. The van der Waals surface area contributed by atoms with Crippen molar-refractivity contribution in [2.45, 2.75) is 70.4 Å². The summed E-state index contributed by atoms with van der Waals surface area (Å²) in [6.45, 7) is 2.78. The van der Waals surface area contributed by atoms with Crippen molar-refractivity contribution in [2.24, 2.45) is 0 Å². The molecule has 1 heterocycles. The maximum absolute atomic E-state index is 11.8. The zero-order valence-electron chi connectivity index (χ0n) is 11.7. The van der Waals surface area contributed by atoms with Crippen molar-refractivity contribution in [2.75, 3.05) is 6.61 Å². The lowest BCUT2D eigenvalue weighted by molar-refractivity contribution is -0.137. The minimum absolute atomic E-state index is 0.000488. The van der Waals surface area contributed by atoms with Gasteiger partial charge in [-0.3, -0.25) is 9.59 Å². The highest BCUT2D eigenvalue weighted by Crippen LogP contribution is 2.17. The number of carboxylic acids is 1. The number of carbonyl (C=O) groups is 2. The summed E-state index contributed by atoms with van der Waals surface area (Å²) >= 11 is 0. The molecule has 0 aliphatic carbocycles. The number of ether oxygens (including phenoxy) is 1. The Kier molecular flexibility index (Phi) is 7.48. The summed E-state index contributed by atoms with van der Waals surface area (Å²) in [4.78, 5) is 22.5. The third kappa shape index (κ3) is 7.15. The number of amides is 1. The van der Waals surface area contributed by atoms with Crippen molar-refractivity contribution in [1.29, 1.82) is 0 Å². The molecule has 5 nitrogen and oxygen atoms in total. The third-order valence-corrected chi connectivity index (χ3v) is 3.39. The van der Waals surface area contributed by atoms with Crippen LogP contribution in [0.3, 0.4) is 0 Å². The van der Waals surface area contributed by atoms with Gasteiger partial charge < -0.3 is 15.2 Å². The number of rotatable bonds is 8. The highest BCUT2D eigenvalue weighted by Gasteiger charge is 2.18. The minimum Gasteiger partial charge on any atom is -0.481 e. The monoisotopic (exact) mass is 271 g/mol. The third-order valence-electron chi connectivity index (χ3n) is 3.39. The van der Waals surface area contributed by atoms with Gasteiger partial charge in [0.15, 0.2) is 0 Å². The molecule has 1 rings (SSSR count). The summed E-state index contributed by atoms with van der Waals surface area (Å²) in [5.41, 5.74) is 0. The van der Waals surface area contributed by atoms with Crippen LogP contribution in [0.1, 0.15) is 58.3 Å². The lowest BCUT2D eigenvalue weighted by Crippen LogP contribution is -2.37. The van der Waals surface area contributed by atoms with E-state index in [-0.39, 0.29) is 24.5 Å². The van der Waals surface area contributed by atoms with Crippen molar-refractivity contribution in [1.82, 2.24) is 5.32 Å². The molecule has 1 amide bonds. The summed E-state index contributed by atoms with van der Waals surface area (Å²) in [6.07, 6.45) is 6.23. The Morgan fingerprint density at radius 3 is 2.79 bits per heavy atom. The molecule has 0 radical (unpaired) electrons. The molecule has 2 atom stereocenters. The Morgan fingerprint density at radius 2 is 2.21 bits per heavy atom. The standard InChI is InChI=1S/C14H25NO4/c1-2-5-11(10-14(17)18)15-13(16)8-7-12-6-3-4-9-19-12/h11-12H,2-10H2,1H3,(H,15,16)(H,17,18). The predicted molar refractivity (Wildman–Crippen MR) is 71.9 cm³/mol. The van der Waals surface area contributed by atoms with Crippen LogP contribution in [0.4, 0.5) is 0 Å². The molecule has 1 aliphatic heterocycles. The van der Waals surface area contributed by atoms with Gasteiger partial charge in [0.2, 0.25) is 5.91 Å². The summed E-state index contributed by atoms with van der Waals surface area (Å²) in [6, 6.07) is -0.248. The Hall–Kier alpha value is -1.10. The first-order valence-electron chi connectivity index (χ1n) is 7.24. The van der Waals surface area contributed by atoms with Gasteiger partial charge in [0.25, 0.3) is 0 Å². The Balaban J connectivity index is 2.24. The average Bonchev–Trinajstić information content (AvgIpc) is 2.37. The number of carboxylic acid groups (broad SMARTS) is 1. The lowest BCUT2D eigenvalue weighted by Gasteiger charge is -2.23. The van der Waals surface area contributed by atoms with E-state index in [0.29, 0.717) is 12.8 Å². The van der Waals surface area contributed by atoms with Crippen LogP contribution in [0.5, 0.6) is 0 Å². The Morgan fingerprint density at radius 1 is 1.42 bits per heavy atom. The van der Waals surface area contributed by atoms with E-state index in [1.807, 2.05) is 6.92 Å². The van der Waals surface area contributed by atoms with E-state index in [1.165, 1.54) is 6.42 Å². The second-order valence-corrected chi connectivity index (χ2v) is 5.18. The lowest BCUT2D eigenvalue weighted by atomic mass is 10.0. The fourth-order valence-corrected chi connectivity index (χ4v) is 2.41. The van der Waals surface area contributed by atoms with E-state index in [4.69, 9.17) is 9.84 Å². The normalized spacial score (nSPS) is 20.8. The molecule has 0 bridgehead atoms. The van der Waals surface area contributed by atoms with Gasteiger partial charge in [-0.05, 0) is 32.1 Å². The van der Waals surface area contributed by atoms with Crippen molar-refractivity contribution in [3.63, 3.8) is 0 Å². The van der Waals surface area contributed by atoms with E-state index in [1.54, 1.807) is 0 Å². The summed E-state index contributed by atoms with van der Waals surface area (Å²) in [5.74, 6) is -0.928. The molecule has 0 aromatic carbocycles. The van der Waals surface area contributed by atoms with Crippen LogP contribution in [-0.4, -0.2) is 35.7 Å².